The number of hydrogen-bond acceptors (Lipinski definition) is 3. The molecule has 1 atom stereocenters. The lowest BCUT2D eigenvalue weighted by Crippen LogP contribution is -2.23. The van der Waals surface area contributed by atoms with Crippen molar-refractivity contribution in [3.8, 4) is 5.69 Å². The first-order valence-electron chi connectivity index (χ1n) is 5.76. The van der Waals surface area contributed by atoms with Gasteiger partial charge in [-0.2, -0.15) is 5.10 Å². The standard InChI is InChI=1S/C13H17N3O/c1-11(14-8-10-17)12-5-2-3-6-13(12)16-9-4-7-15-16/h2-7,9,11,14,17H,8,10H2,1H3. The van der Waals surface area contributed by atoms with Gasteiger partial charge in [0, 0.05) is 25.0 Å². The van der Waals surface area contributed by atoms with Gasteiger partial charge in [0.05, 0.1) is 12.3 Å². The normalized spacial score (nSPS) is 12.6. The third-order valence-electron chi connectivity index (χ3n) is 2.72. The summed E-state index contributed by atoms with van der Waals surface area (Å²) in [7, 11) is 0. The predicted molar refractivity (Wildman–Crippen MR) is 67.1 cm³/mol. The first-order valence-corrected chi connectivity index (χ1v) is 5.76. The number of benzene rings is 1. The molecule has 2 aromatic rings. The summed E-state index contributed by atoms with van der Waals surface area (Å²) in [5.74, 6) is 0. The third kappa shape index (κ3) is 2.72. The van der Waals surface area contributed by atoms with Crippen molar-refractivity contribution in [2.45, 2.75) is 13.0 Å². The Bertz CT molecular complexity index is 453. The molecule has 0 spiro atoms. The van der Waals surface area contributed by atoms with Gasteiger partial charge in [0.1, 0.15) is 0 Å². The molecular weight excluding hydrogens is 214 g/mol. The second kappa shape index (κ2) is 5.61. The summed E-state index contributed by atoms with van der Waals surface area (Å²) in [6.45, 7) is 2.82. The van der Waals surface area contributed by atoms with Gasteiger partial charge in [-0.25, -0.2) is 4.68 Å². The number of hydrogen-bond donors (Lipinski definition) is 2. The van der Waals surface area contributed by atoms with Crippen LogP contribution in [0, 0.1) is 0 Å². The molecule has 0 saturated heterocycles. The summed E-state index contributed by atoms with van der Waals surface area (Å²) >= 11 is 0. The number of aliphatic hydroxyl groups excluding tert-OH is 1. The van der Waals surface area contributed by atoms with Crippen LogP contribution in [0.4, 0.5) is 0 Å². The van der Waals surface area contributed by atoms with Crippen molar-refractivity contribution in [1.82, 2.24) is 15.1 Å². The highest BCUT2D eigenvalue weighted by molar-refractivity contribution is 5.42. The maximum atomic E-state index is 8.84. The van der Waals surface area contributed by atoms with Crippen LogP contribution >= 0.6 is 0 Å². The molecule has 0 saturated carbocycles. The molecule has 4 heteroatoms. The summed E-state index contributed by atoms with van der Waals surface area (Å²) < 4.78 is 1.85. The zero-order valence-electron chi connectivity index (χ0n) is 9.87. The average molecular weight is 231 g/mol. The highest BCUT2D eigenvalue weighted by atomic mass is 16.3. The quantitative estimate of drug-likeness (QED) is 0.820. The van der Waals surface area contributed by atoms with E-state index in [1.165, 1.54) is 5.56 Å². The first kappa shape index (κ1) is 11.8. The Morgan fingerprint density at radius 2 is 2.18 bits per heavy atom. The van der Waals surface area contributed by atoms with Gasteiger partial charge in [-0.3, -0.25) is 0 Å². The van der Waals surface area contributed by atoms with Crippen molar-refractivity contribution >= 4 is 0 Å². The number of para-hydroxylation sites is 1. The van der Waals surface area contributed by atoms with Gasteiger partial charge < -0.3 is 10.4 Å². The van der Waals surface area contributed by atoms with E-state index in [-0.39, 0.29) is 12.6 Å². The molecule has 1 heterocycles. The molecular formula is C13H17N3O. The van der Waals surface area contributed by atoms with Crippen molar-refractivity contribution < 1.29 is 5.11 Å². The Hall–Kier alpha value is -1.65. The summed E-state index contributed by atoms with van der Waals surface area (Å²) in [4.78, 5) is 0. The second-order valence-corrected chi connectivity index (χ2v) is 3.91. The molecule has 0 bridgehead atoms. The lowest BCUT2D eigenvalue weighted by Gasteiger charge is -2.17. The fourth-order valence-electron chi connectivity index (χ4n) is 1.86. The smallest absolute Gasteiger partial charge is 0.0693 e. The zero-order valence-corrected chi connectivity index (χ0v) is 9.87. The lowest BCUT2D eigenvalue weighted by molar-refractivity contribution is 0.286. The summed E-state index contributed by atoms with van der Waals surface area (Å²) in [5, 5.41) is 16.3. The van der Waals surface area contributed by atoms with Crippen LogP contribution in [0.15, 0.2) is 42.7 Å². The SMILES string of the molecule is CC(NCCO)c1ccccc1-n1cccn1. The largest absolute Gasteiger partial charge is 0.395 e. The van der Waals surface area contributed by atoms with Crippen LogP contribution in [0.5, 0.6) is 0 Å². The molecule has 0 radical (unpaired) electrons. The molecule has 0 aliphatic heterocycles. The van der Waals surface area contributed by atoms with Crippen LogP contribution in [0.1, 0.15) is 18.5 Å². The maximum absolute atomic E-state index is 8.84. The Morgan fingerprint density at radius 1 is 1.35 bits per heavy atom. The fraction of sp³-hybridized carbons (Fsp3) is 0.308. The topological polar surface area (TPSA) is 50.1 Å². The van der Waals surface area contributed by atoms with E-state index < -0.39 is 0 Å². The van der Waals surface area contributed by atoms with E-state index in [0.717, 1.165) is 5.69 Å². The lowest BCUT2D eigenvalue weighted by atomic mass is 10.1. The van der Waals surface area contributed by atoms with Gasteiger partial charge in [-0.05, 0) is 24.6 Å². The molecule has 1 unspecified atom stereocenters. The average Bonchev–Trinajstić information content (AvgIpc) is 2.89. The van der Waals surface area contributed by atoms with E-state index in [2.05, 4.69) is 23.4 Å². The van der Waals surface area contributed by atoms with Crippen LogP contribution in [-0.2, 0) is 0 Å². The molecule has 2 N–H and O–H groups in total. The Labute approximate surface area is 101 Å². The van der Waals surface area contributed by atoms with Crippen molar-refractivity contribution in [3.63, 3.8) is 0 Å². The maximum Gasteiger partial charge on any atom is 0.0693 e. The van der Waals surface area contributed by atoms with Crippen molar-refractivity contribution in [2.75, 3.05) is 13.2 Å². The molecule has 0 aliphatic carbocycles. The van der Waals surface area contributed by atoms with Crippen LogP contribution in [-0.4, -0.2) is 28.0 Å². The minimum Gasteiger partial charge on any atom is -0.395 e. The Morgan fingerprint density at radius 3 is 2.88 bits per heavy atom. The van der Waals surface area contributed by atoms with Crippen LogP contribution in [0.25, 0.3) is 5.69 Å². The van der Waals surface area contributed by atoms with E-state index in [0.29, 0.717) is 6.54 Å². The number of rotatable bonds is 5. The van der Waals surface area contributed by atoms with E-state index in [1.54, 1.807) is 6.20 Å². The number of aromatic nitrogens is 2. The molecule has 0 amide bonds. The van der Waals surface area contributed by atoms with Crippen LogP contribution in [0.3, 0.4) is 0 Å². The van der Waals surface area contributed by atoms with Crippen LogP contribution < -0.4 is 5.32 Å². The Kier molecular flexibility index (Phi) is 3.90. The minimum absolute atomic E-state index is 0.147. The molecule has 1 aromatic carbocycles. The monoisotopic (exact) mass is 231 g/mol. The molecule has 90 valence electrons. The summed E-state index contributed by atoms with van der Waals surface area (Å²) in [6.07, 6.45) is 3.69. The zero-order chi connectivity index (χ0) is 12.1. The molecule has 4 nitrogen and oxygen atoms in total. The fourth-order valence-corrected chi connectivity index (χ4v) is 1.86. The van der Waals surface area contributed by atoms with Gasteiger partial charge in [0.15, 0.2) is 0 Å². The summed E-state index contributed by atoms with van der Waals surface area (Å²) in [5.41, 5.74) is 2.24. The predicted octanol–water partition coefficient (Wildman–Crippen LogP) is 1.52. The highest BCUT2D eigenvalue weighted by Gasteiger charge is 2.10. The highest BCUT2D eigenvalue weighted by Crippen LogP contribution is 2.20. The van der Waals surface area contributed by atoms with Crippen LogP contribution in [0.2, 0.25) is 0 Å². The van der Waals surface area contributed by atoms with Gasteiger partial charge in [0.2, 0.25) is 0 Å². The summed E-state index contributed by atoms with van der Waals surface area (Å²) in [6, 6.07) is 10.2. The van der Waals surface area contributed by atoms with E-state index in [4.69, 9.17) is 5.11 Å². The van der Waals surface area contributed by atoms with Crippen molar-refractivity contribution in [3.05, 3.63) is 48.3 Å². The van der Waals surface area contributed by atoms with Gasteiger partial charge in [-0.15, -0.1) is 0 Å². The third-order valence-corrected chi connectivity index (χ3v) is 2.72. The number of nitrogens with one attached hydrogen (secondary N) is 1. The van der Waals surface area contributed by atoms with Gasteiger partial charge >= 0.3 is 0 Å². The van der Waals surface area contributed by atoms with Gasteiger partial charge in [0.25, 0.3) is 0 Å². The Balaban J connectivity index is 2.28. The molecule has 0 aliphatic rings. The number of aliphatic hydroxyl groups is 1. The minimum atomic E-state index is 0.147. The van der Waals surface area contributed by atoms with E-state index in [1.807, 2.05) is 35.1 Å². The molecule has 17 heavy (non-hydrogen) atoms. The van der Waals surface area contributed by atoms with Gasteiger partial charge in [-0.1, -0.05) is 18.2 Å². The first-order chi connectivity index (χ1) is 8.33. The van der Waals surface area contributed by atoms with Crippen molar-refractivity contribution in [1.29, 1.82) is 0 Å². The number of nitrogens with zero attached hydrogens (tertiary/aromatic N) is 2. The van der Waals surface area contributed by atoms with E-state index in [9.17, 15) is 0 Å². The van der Waals surface area contributed by atoms with Crippen molar-refractivity contribution in [2.24, 2.45) is 0 Å². The molecule has 2 rings (SSSR count). The van der Waals surface area contributed by atoms with E-state index >= 15 is 0 Å². The second-order valence-electron chi connectivity index (χ2n) is 3.91. The molecule has 0 fully saturated rings. The molecule has 1 aromatic heterocycles.